The Hall–Kier alpha value is -12.7. The summed E-state index contributed by atoms with van der Waals surface area (Å²) in [5, 5.41) is 37.2. The number of anilines is 3. The summed E-state index contributed by atoms with van der Waals surface area (Å²) >= 11 is 6.57. The van der Waals surface area contributed by atoms with Crippen molar-refractivity contribution in [2.45, 2.75) is 46.2 Å². The van der Waals surface area contributed by atoms with E-state index < -0.39 is 36.2 Å². The van der Waals surface area contributed by atoms with Crippen molar-refractivity contribution in [2.75, 3.05) is 42.1 Å². The molecule has 0 saturated heterocycles. The van der Waals surface area contributed by atoms with E-state index in [0.717, 1.165) is 60.0 Å². The lowest BCUT2D eigenvalue weighted by molar-refractivity contribution is -0.138. The highest BCUT2D eigenvalue weighted by atomic mass is 79.9. The van der Waals surface area contributed by atoms with Crippen molar-refractivity contribution in [2.24, 2.45) is 0 Å². The average Bonchev–Trinajstić information content (AvgIpc) is 1.72. The number of nitrogens with zero attached hydrogens (tertiary/aromatic N) is 3. The van der Waals surface area contributed by atoms with Crippen LogP contribution in [-0.2, 0) is 51.5 Å². The van der Waals surface area contributed by atoms with Crippen molar-refractivity contribution in [1.82, 2.24) is 25.0 Å². The first-order valence-electron chi connectivity index (χ1n) is 35.1. The molecule has 3 aliphatic heterocycles. The van der Waals surface area contributed by atoms with Gasteiger partial charge >= 0.3 is 30.6 Å². The first-order valence-corrected chi connectivity index (χ1v) is 36.7. The lowest BCUT2D eigenvalue weighted by atomic mass is 9.80. The van der Waals surface area contributed by atoms with Gasteiger partial charge in [-0.2, -0.15) is 13.2 Å². The van der Waals surface area contributed by atoms with E-state index >= 15 is 0 Å². The maximum Gasteiger partial charge on any atom is 0.488 e. The number of carbonyl (C=O) groups excluding carboxylic acids is 6. The van der Waals surface area contributed by atoms with Crippen molar-refractivity contribution >= 4 is 114 Å². The third kappa shape index (κ3) is 24.2. The van der Waals surface area contributed by atoms with Crippen LogP contribution in [0.5, 0.6) is 0 Å². The number of H-pyrrole nitrogens is 1. The number of aryl methyl sites for hydroxylation is 2. The van der Waals surface area contributed by atoms with E-state index in [1.165, 1.54) is 22.6 Å². The lowest BCUT2D eigenvalue weighted by Crippen LogP contribution is -2.34. The van der Waals surface area contributed by atoms with E-state index in [-0.39, 0.29) is 68.2 Å². The summed E-state index contributed by atoms with van der Waals surface area (Å²) in [4.78, 5) is 115. The van der Waals surface area contributed by atoms with Crippen molar-refractivity contribution < 1.29 is 66.3 Å². The Bertz CT molecular complexity index is 5480. The van der Waals surface area contributed by atoms with Crippen LogP contribution in [0.1, 0.15) is 70.0 Å². The molecule has 21 nitrogen and oxygen atoms in total. The number of aromatic nitrogens is 1. The van der Waals surface area contributed by atoms with Gasteiger partial charge in [0.15, 0.2) is 0 Å². The largest absolute Gasteiger partial charge is 0.488 e. The van der Waals surface area contributed by atoms with Crippen molar-refractivity contribution in [1.29, 1.82) is 0 Å². The van der Waals surface area contributed by atoms with Gasteiger partial charge in [-0.25, -0.2) is 9.59 Å². The Morgan fingerprint density at radius 3 is 1.23 bits per heavy atom. The fourth-order valence-electron chi connectivity index (χ4n) is 11.7. The molecule has 27 heteroatoms. The van der Waals surface area contributed by atoms with Crippen molar-refractivity contribution in [3.05, 3.63) is 352 Å². The number of benzene rings is 11. The quantitative estimate of drug-likeness (QED) is 0.0498. The van der Waals surface area contributed by atoms with E-state index in [0.29, 0.717) is 80.9 Å². The standard InChI is InChI=1S/C23H17F3N2O2.C23H20N2O2.C16H13BrN2O2.C9H11NO2.C8H4BrNO3.C7H9BO2/c24-23(25,26)18-9-6-16(7-10-18)17-8-11-20-19(12-17)22(30)28(14-21(29)27-20)13-15-4-2-1-3-5-15;1-16-7-9-18(10-8-16)19-11-12-21-20(13-19)23(27)25(15-22(26)24-21)14-17-5-3-2-4-6-17;17-12-6-7-14-13(8-12)16(21)19(10-15(20)18-14)9-11-4-2-1-3-5-11;11-9(12)7-10-6-8-4-2-1-3-5-8;9-4-1-2-6-5(3-4)7(11)13-8(12)10-6;1-6-2-4-7(5-3-6)8(9)10/h1-12H,13-14H2,(H,27,29);2-13H,14-15H2,1H3,(H,24,26);1-8H,9-10H2,(H,18,20);1-5,10H,6-7H2,(H,11,12);1-3H,(H,10,12);2-5,9-10H,1H3. The first kappa shape index (κ1) is 82.8. The van der Waals surface area contributed by atoms with E-state index in [1.807, 2.05) is 190 Å². The second kappa shape index (κ2) is 39.3. The number of rotatable bonds is 13. The number of aliphatic carboxylic acids is 1. The predicted octanol–water partition coefficient (Wildman–Crippen LogP) is 14.0. The smallest absolute Gasteiger partial charge is 0.480 e. The fraction of sp³-hybridized carbons (Fsp3) is 0.128. The summed E-state index contributed by atoms with van der Waals surface area (Å²) in [5.41, 5.74) is 11.9. The minimum absolute atomic E-state index is 0.00882. The number of amides is 6. The van der Waals surface area contributed by atoms with Crippen LogP contribution in [-0.4, -0.2) is 110 Å². The maximum atomic E-state index is 13.2. The summed E-state index contributed by atoms with van der Waals surface area (Å²) < 4.78 is 44.4. The van der Waals surface area contributed by atoms with Crippen molar-refractivity contribution in [3.8, 4) is 22.3 Å². The molecule has 0 saturated carbocycles. The summed E-state index contributed by atoms with van der Waals surface area (Å²) in [6.45, 7) is 5.72. The van der Waals surface area contributed by atoms with Crippen LogP contribution in [0.4, 0.5) is 30.2 Å². The van der Waals surface area contributed by atoms with Gasteiger partial charge in [0.1, 0.15) is 19.6 Å². The van der Waals surface area contributed by atoms with Gasteiger partial charge in [-0.05, 0) is 137 Å². The molecule has 0 spiro atoms. The number of fused-ring (bicyclic) bond motifs is 4. The molecule has 4 heterocycles. The van der Waals surface area contributed by atoms with Crippen LogP contribution in [0, 0.1) is 13.8 Å². The SMILES string of the molecule is Cc1ccc(-c2ccc3c(c2)C(=O)N(Cc2ccccc2)CC(=O)N3)cc1.Cc1ccc(B(O)O)cc1.O=C(O)CNCc1ccccc1.O=C1CN(Cc2ccccc2)C(=O)c2cc(-c3ccc(C(F)(F)F)cc3)ccc2N1.O=C1CN(Cc2ccccc2)C(=O)c2cc(Br)ccc2N1.O=c1[nH]c2ccc(Br)cc2c(=O)o1. The van der Waals surface area contributed by atoms with E-state index in [9.17, 15) is 56.3 Å². The summed E-state index contributed by atoms with van der Waals surface area (Å²) in [6, 6.07) is 79.1. The van der Waals surface area contributed by atoms with Crippen LogP contribution < -0.4 is 38.1 Å². The lowest BCUT2D eigenvalue weighted by Gasteiger charge is -2.20. The number of carbonyl (C=O) groups is 7. The highest BCUT2D eigenvalue weighted by Crippen LogP contribution is 2.34. The van der Waals surface area contributed by atoms with E-state index in [2.05, 4.69) is 62.5 Å². The van der Waals surface area contributed by atoms with Crippen molar-refractivity contribution in [3.63, 3.8) is 0 Å². The van der Waals surface area contributed by atoms with Gasteiger partial charge in [0, 0.05) is 35.1 Å². The highest BCUT2D eigenvalue weighted by molar-refractivity contribution is 9.10. The molecule has 0 bridgehead atoms. The van der Waals surface area contributed by atoms with Gasteiger partial charge in [-0.3, -0.25) is 38.5 Å². The average molecular weight is 1660 g/mol. The van der Waals surface area contributed by atoms with Gasteiger partial charge in [0.2, 0.25) is 17.7 Å². The Labute approximate surface area is 664 Å². The van der Waals surface area contributed by atoms with Crippen LogP contribution in [0.2, 0.25) is 0 Å². The normalized spacial score (nSPS) is 12.8. The molecule has 0 unspecified atom stereocenters. The molecule has 3 aliphatic rings. The molecule has 12 aromatic rings. The molecule has 113 heavy (non-hydrogen) atoms. The fourth-order valence-corrected chi connectivity index (χ4v) is 12.5. The molecular weight excluding hydrogens is 1580 g/mol. The third-order valence-corrected chi connectivity index (χ3v) is 18.4. The second-order valence-electron chi connectivity index (χ2n) is 26.0. The molecule has 574 valence electrons. The van der Waals surface area contributed by atoms with Gasteiger partial charge in [-0.1, -0.05) is 237 Å². The minimum Gasteiger partial charge on any atom is -0.480 e. The zero-order chi connectivity index (χ0) is 80.7. The van der Waals surface area contributed by atoms with Crippen LogP contribution in [0.3, 0.4) is 0 Å². The number of alkyl halides is 3. The Kier molecular flexibility index (Phi) is 28.8. The zero-order valence-corrected chi connectivity index (χ0v) is 64.0. The third-order valence-electron chi connectivity index (χ3n) is 17.4. The molecule has 0 atom stereocenters. The number of hydrogen-bond acceptors (Lipinski definition) is 13. The van der Waals surface area contributed by atoms with Gasteiger partial charge in [0.25, 0.3) is 17.7 Å². The zero-order valence-electron chi connectivity index (χ0n) is 60.8. The van der Waals surface area contributed by atoms with E-state index in [4.69, 9.17) is 15.2 Å². The topological polar surface area (TPSA) is 301 Å². The van der Waals surface area contributed by atoms with Crippen LogP contribution in [0.25, 0.3) is 33.2 Å². The number of carboxylic acid groups (broad SMARTS) is 1. The summed E-state index contributed by atoms with van der Waals surface area (Å²) in [7, 11) is -1.35. The predicted molar refractivity (Wildman–Crippen MR) is 435 cm³/mol. The number of nitrogens with one attached hydrogen (secondary N) is 5. The molecular formula is C86H74BBr2F3N8O13. The van der Waals surface area contributed by atoms with Gasteiger partial charge in [0.05, 0.1) is 56.8 Å². The Morgan fingerprint density at radius 1 is 0.460 bits per heavy atom. The molecule has 15 rings (SSSR count). The first-order chi connectivity index (χ1) is 54.2. The number of halogens is 5. The Balaban J connectivity index is 0.000000150. The molecule has 6 amide bonds. The summed E-state index contributed by atoms with van der Waals surface area (Å²) in [6.07, 6.45) is -4.41. The van der Waals surface area contributed by atoms with Gasteiger partial charge in [-0.15, -0.1) is 0 Å². The molecule has 0 aliphatic carbocycles. The maximum absolute atomic E-state index is 13.2. The molecule has 11 aromatic carbocycles. The van der Waals surface area contributed by atoms with E-state index in [1.54, 1.807) is 76.5 Å². The molecule has 0 radical (unpaired) electrons. The molecule has 0 fully saturated rings. The van der Waals surface area contributed by atoms with Gasteiger partial charge < -0.3 is 55.5 Å². The monoisotopic (exact) mass is 1650 g/mol. The number of hydrogen-bond donors (Lipinski definition) is 8. The molecule has 8 N–H and O–H groups in total. The van der Waals surface area contributed by atoms with Crippen LogP contribution >= 0.6 is 31.9 Å². The van der Waals surface area contributed by atoms with Crippen LogP contribution in [0.15, 0.2) is 290 Å². The highest BCUT2D eigenvalue weighted by Gasteiger charge is 2.32. The number of aromatic amines is 1. The minimum atomic E-state index is -4.41. The molecule has 1 aromatic heterocycles. The number of carboxylic acids is 1. The summed E-state index contributed by atoms with van der Waals surface area (Å²) in [5.74, 6) is -2.83. The Morgan fingerprint density at radius 2 is 0.823 bits per heavy atom. The second-order valence-corrected chi connectivity index (χ2v) is 27.8.